The SMILES string of the molecule is CC(=O)NCCNS(=O)(=O)c1ccc(O)c(C(=O)O)c1. The Morgan fingerprint density at radius 3 is 2.45 bits per heavy atom. The van der Waals surface area contributed by atoms with Gasteiger partial charge in [0.1, 0.15) is 11.3 Å². The predicted octanol–water partition coefficient (Wildman–Crippen LogP) is -0.495. The zero-order valence-corrected chi connectivity index (χ0v) is 11.4. The van der Waals surface area contributed by atoms with Crippen molar-refractivity contribution in [3.05, 3.63) is 23.8 Å². The van der Waals surface area contributed by atoms with Crippen molar-refractivity contribution in [3.63, 3.8) is 0 Å². The van der Waals surface area contributed by atoms with Gasteiger partial charge in [-0.3, -0.25) is 4.79 Å². The van der Waals surface area contributed by atoms with Gasteiger partial charge in [0.05, 0.1) is 4.90 Å². The largest absolute Gasteiger partial charge is 0.507 e. The molecule has 0 unspecified atom stereocenters. The van der Waals surface area contributed by atoms with Crippen LogP contribution in [0.4, 0.5) is 0 Å². The molecule has 0 aliphatic heterocycles. The maximum atomic E-state index is 11.9. The third kappa shape index (κ3) is 4.21. The highest BCUT2D eigenvalue weighted by Gasteiger charge is 2.18. The van der Waals surface area contributed by atoms with Gasteiger partial charge in [-0.25, -0.2) is 17.9 Å². The second kappa shape index (κ2) is 6.35. The van der Waals surface area contributed by atoms with Crippen molar-refractivity contribution in [2.45, 2.75) is 11.8 Å². The van der Waals surface area contributed by atoms with Gasteiger partial charge >= 0.3 is 5.97 Å². The van der Waals surface area contributed by atoms with E-state index in [0.29, 0.717) is 0 Å². The Kier molecular flexibility index (Phi) is 5.06. The van der Waals surface area contributed by atoms with E-state index in [1.807, 2.05) is 0 Å². The molecule has 0 fully saturated rings. The molecule has 0 aliphatic rings. The van der Waals surface area contributed by atoms with Crippen LogP contribution in [0.3, 0.4) is 0 Å². The first-order valence-corrected chi connectivity index (χ1v) is 7.03. The first-order valence-electron chi connectivity index (χ1n) is 5.54. The topological polar surface area (TPSA) is 133 Å². The molecule has 110 valence electrons. The fourth-order valence-electron chi connectivity index (χ4n) is 1.36. The minimum absolute atomic E-state index is 0.0365. The van der Waals surface area contributed by atoms with Gasteiger partial charge in [-0.2, -0.15) is 0 Å². The number of aromatic carboxylic acids is 1. The molecular formula is C11H14N2O6S. The number of phenols is 1. The lowest BCUT2D eigenvalue weighted by Crippen LogP contribution is -2.33. The average Bonchev–Trinajstić information content (AvgIpc) is 2.34. The molecule has 0 saturated heterocycles. The number of carboxylic acids is 1. The Morgan fingerprint density at radius 1 is 1.25 bits per heavy atom. The van der Waals surface area contributed by atoms with Crippen LogP contribution >= 0.6 is 0 Å². The van der Waals surface area contributed by atoms with E-state index >= 15 is 0 Å². The smallest absolute Gasteiger partial charge is 0.339 e. The average molecular weight is 302 g/mol. The summed E-state index contributed by atoms with van der Waals surface area (Å²) in [6, 6.07) is 2.94. The maximum absolute atomic E-state index is 11.9. The predicted molar refractivity (Wildman–Crippen MR) is 68.9 cm³/mol. The van der Waals surface area contributed by atoms with Crippen molar-refractivity contribution in [1.29, 1.82) is 0 Å². The number of nitrogens with one attached hydrogen (secondary N) is 2. The summed E-state index contributed by atoms with van der Waals surface area (Å²) in [5, 5.41) is 20.5. The standard InChI is InChI=1S/C11H14N2O6S/c1-7(14)12-4-5-13-20(18,19)8-2-3-10(15)9(6-8)11(16)17/h2-3,6,13,15H,4-5H2,1H3,(H,12,14)(H,16,17). The molecule has 8 nitrogen and oxygen atoms in total. The van der Waals surface area contributed by atoms with E-state index < -0.39 is 27.3 Å². The van der Waals surface area contributed by atoms with Crippen LogP contribution in [-0.4, -0.2) is 43.6 Å². The number of hydrogen-bond donors (Lipinski definition) is 4. The van der Waals surface area contributed by atoms with Gasteiger partial charge in [-0.1, -0.05) is 0 Å². The van der Waals surface area contributed by atoms with Crippen LogP contribution in [0.2, 0.25) is 0 Å². The summed E-state index contributed by atoms with van der Waals surface area (Å²) in [5.41, 5.74) is -0.505. The molecule has 20 heavy (non-hydrogen) atoms. The molecule has 0 spiro atoms. The molecule has 0 bridgehead atoms. The first-order chi connectivity index (χ1) is 9.24. The van der Waals surface area contributed by atoms with Crippen LogP contribution in [0, 0.1) is 0 Å². The lowest BCUT2D eigenvalue weighted by atomic mass is 10.2. The Balaban J connectivity index is 2.85. The number of hydrogen-bond acceptors (Lipinski definition) is 5. The normalized spacial score (nSPS) is 11.1. The van der Waals surface area contributed by atoms with Crippen molar-refractivity contribution >= 4 is 21.9 Å². The molecule has 0 aromatic heterocycles. The van der Waals surface area contributed by atoms with Crippen molar-refractivity contribution in [1.82, 2.24) is 10.0 Å². The first kappa shape index (κ1) is 15.9. The molecular weight excluding hydrogens is 288 g/mol. The molecule has 1 aromatic rings. The van der Waals surface area contributed by atoms with E-state index in [2.05, 4.69) is 10.0 Å². The number of carbonyl (C=O) groups excluding carboxylic acids is 1. The summed E-state index contributed by atoms with van der Waals surface area (Å²) in [7, 11) is -3.91. The Hall–Kier alpha value is -2.13. The molecule has 0 heterocycles. The molecule has 0 atom stereocenters. The summed E-state index contributed by atoms with van der Waals surface area (Å²) in [6.07, 6.45) is 0. The maximum Gasteiger partial charge on any atom is 0.339 e. The van der Waals surface area contributed by atoms with Crippen molar-refractivity contribution in [2.75, 3.05) is 13.1 Å². The van der Waals surface area contributed by atoms with E-state index in [4.69, 9.17) is 5.11 Å². The molecule has 4 N–H and O–H groups in total. The van der Waals surface area contributed by atoms with Crippen molar-refractivity contribution in [3.8, 4) is 5.75 Å². The van der Waals surface area contributed by atoms with Crippen LogP contribution < -0.4 is 10.0 Å². The van der Waals surface area contributed by atoms with Crippen LogP contribution in [0.15, 0.2) is 23.1 Å². The summed E-state index contributed by atoms with van der Waals surface area (Å²) >= 11 is 0. The second-order valence-corrected chi connectivity index (χ2v) is 5.63. The minimum Gasteiger partial charge on any atom is -0.507 e. The third-order valence-electron chi connectivity index (χ3n) is 2.30. The monoisotopic (exact) mass is 302 g/mol. The number of rotatable bonds is 6. The highest BCUT2D eigenvalue weighted by atomic mass is 32.2. The van der Waals surface area contributed by atoms with Crippen molar-refractivity contribution in [2.24, 2.45) is 0 Å². The van der Waals surface area contributed by atoms with Gasteiger partial charge < -0.3 is 15.5 Å². The van der Waals surface area contributed by atoms with E-state index in [1.54, 1.807) is 0 Å². The number of carbonyl (C=O) groups is 2. The minimum atomic E-state index is -3.91. The number of aromatic hydroxyl groups is 1. The molecule has 1 amide bonds. The van der Waals surface area contributed by atoms with Gasteiger partial charge in [0.15, 0.2) is 0 Å². The highest BCUT2D eigenvalue weighted by molar-refractivity contribution is 7.89. The fourth-order valence-corrected chi connectivity index (χ4v) is 2.42. The molecule has 1 aromatic carbocycles. The van der Waals surface area contributed by atoms with E-state index in [9.17, 15) is 23.1 Å². The van der Waals surface area contributed by atoms with E-state index in [0.717, 1.165) is 18.2 Å². The van der Waals surface area contributed by atoms with E-state index in [1.165, 1.54) is 6.92 Å². The van der Waals surface area contributed by atoms with Crippen LogP contribution in [0.25, 0.3) is 0 Å². The molecule has 9 heteroatoms. The Bertz CT molecular complexity index is 626. The van der Waals surface area contributed by atoms with Crippen LogP contribution in [0.1, 0.15) is 17.3 Å². The lowest BCUT2D eigenvalue weighted by Gasteiger charge is -2.08. The summed E-state index contributed by atoms with van der Waals surface area (Å²) in [4.78, 5) is 21.1. The zero-order valence-electron chi connectivity index (χ0n) is 10.6. The Labute approximate surface area is 115 Å². The van der Waals surface area contributed by atoms with Gasteiger partial charge in [0.25, 0.3) is 0 Å². The molecule has 0 saturated carbocycles. The quantitative estimate of drug-likeness (QED) is 0.524. The fraction of sp³-hybridized carbons (Fsp3) is 0.273. The number of benzene rings is 1. The summed E-state index contributed by atoms with van der Waals surface area (Å²) < 4.78 is 25.9. The number of amides is 1. The van der Waals surface area contributed by atoms with E-state index in [-0.39, 0.29) is 23.9 Å². The molecule has 0 aliphatic carbocycles. The third-order valence-corrected chi connectivity index (χ3v) is 3.76. The summed E-state index contributed by atoms with van der Waals surface area (Å²) in [5.74, 6) is -2.24. The number of sulfonamides is 1. The summed E-state index contributed by atoms with van der Waals surface area (Å²) in [6.45, 7) is 1.37. The van der Waals surface area contributed by atoms with Gasteiger partial charge in [-0.05, 0) is 18.2 Å². The van der Waals surface area contributed by atoms with Gasteiger partial charge in [-0.15, -0.1) is 0 Å². The van der Waals surface area contributed by atoms with Crippen molar-refractivity contribution < 1.29 is 28.2 Å². The van der Waals surface area contributed by atoms with Gasteiger partial charge in [0.2, 0.25) is 15.9 Å². The van der Waals surface area contributed by atoms with Gasteiger partial charge in [0, 0.05) is 20.0 Å². The number of carboxylic acid groups (broad SMARTS) is 1. The second-order valence-electron chi connectivity index (χ2n) is 3.86. The zero-order chi connectivity index (χ0) is 15.3. The lowest BCUT2D eigenvalue weighted by molar-refractivity contribution is -0.118. The Morgan fingerprint density at radius 2 is 1.90 bits per heavy atom. The molecule has 0 radical (unpaired) electrons. The van der Waals surface area contributed by atoms with Crippen LogP contribution in [-0.2, 0) is 14.8 Å². The molecule has 1 rings (SSSR count). The van der Waals surface area contributed by atoms with Crippen LogP contribution in [0.5, 0.6) is 5.75 Å². The highest BCUT2D eigenvalue weighted by Crippen LogP contribution is 2.21.